The van der Waals surface area contributed by atoms with Crippen molar-refractivity contribution in [3.63, 3.8) is 0 Å². The molecule has 70 valence electrons. The number of benzene rings is 1. The number of hydrogen-bond donors (Lipinski definition) is 2. The molecular formula is C8H12N2O2Si. The molecule has 1 aromatic rings. The Labute approximate surface area is 79.9 Å². The van der Waals surface area contributed by atoms with Crippen LogP contribution in [0.1, 0.15) is 0 Å². The fourth-order valence-corrected chi connectivity index (χ4v) is 1.21. The molecular weight excluding hydrogens is 184 g/mol. The second kappa shape index (κ2) is 5.58. The lowest BCUT2D eigenvalue weighted by molar-refractivity contribution is 0.298. The van der Waals surface area contributed by atoms with Crippen molar-refractivity contribution in [2.24, 2.45) is 5.73 Å². The van der Waals surface area contributed by atoms with Crippen molar-refractivity contribution in [3.8, 4) is 5.75 Å². The molecule has 1 rings (SSSR count). The van der Waals surface area contributed by atoms with Crippen LogP contribution in [0.3, 0.4) is 0 Å². The largest absolute Gasteiger partial charge is 0.521 e. The SMILES string of the molecule is NCCO[Si]Oc1ccc(N)cc1. The van der Waals surface area contributed by atoms with Crippen molar-refractivity contribution in [2.45, 2.75) is 0 Å². The van der Waals surface area contributed by atoms with Gasteiger partial charge in [0.05, 0.1) is 0 Å². The minimum atomic E-state index is -0.00755. The van der Waals surface area contributed by atoms with Gasteiger partial charge in [-0.05, 0) is 24.3 Å². The maximum Gasteiger partial charge on any atom is 0.521 e. The first kappa shape index (κ1) is 10.0. The summed E-state index contributed by atoms with van der Waals surface area (Å²) in [6.07, 6.45) is 0. The van der Waals surface area contributed by atoms with E-state index in [2.05, 4.69) is 0 Å². The topological polar surface area (TPSA) is 70.5 Å². The van der Waals surface area contributed by atoms with E-state index in [0.717, 1.165) is 11.4 Å². The number of anilines is 1. The second-order valence-corrected chi connectivity index (χ2v) is 3.05. The number of nitrogen functional groups attached to an aromatic ring is 1. The lowest BCUT2D eigenvalue weighted by atomic mass is 10.3. The fraction of sp³-hybridized carbons (Fsp3) is 0.250. The summed E-state index contributed by atoms with van der Waals surface area (Å²) in [5, 5.41) is 0. The maximum atomic E-state index is 5.50. The van der Waals surface area contributed by atoms with E-state index in [1.54, 1.807) is 24.3 Å². The van der Waals surface area contributed by atoms with Crippen LogP contribution < -0.4 is 15.9 Å². The molecule has 5 heteroatoms. The van der Waals surface area contributed by atoms with Crippen molar-refractivity contribution in [1.29, 1.82) is 0 Å². The molecule has 13 heavy (non-hydrogen) atoms. The number of hydrogen-bond acceptors (Lipinski definition) is 4. The third-order valence-corrected chi connectivity index (χ3v) is 1.96. The smallest absolute Gasteiger partial charge is 0.518 e. The van der Waals surface area contributed by atoms with Gasteiger partial charge in [-0.1, -0.05) is 0 Å². The van der Waals surface area contributed by atoms with Gasteiger partial charge in [-0.25, -0.2) is 0 Å². The molecule has 1 aromatic carbocycles. The molecule has 0 saturated carbocycles. The second-order valence-electron chi connectivity index (χ2n) is 2.39. The quantitative estimate of drug-likeness (QED) is 0.400. The van der Waals surface area contributed by atoms with Crippen molar-refractivity contribution in [2.75, 3.05) is 18.9 Å². The molecule has 0 fully saturated rings. The molecule has 2 radical (unpaired) electrons. The molecule has 0 aromatic heterocycles. The monoisotopic (exact) mass is 196 g/mol. The van der Waals surface area contributed by atoms with Gasteiger partial charge in [-0.2, -0.15) is 0 Å². The van der Waals surface area contributed by atoms with Gasteiger partial charge in [0.15, 0.2) is 0 Å². The summed E-state index contributed by atoms with van der Waals surface area (Å²) in [4.78, 5) is 0. The normalized spacial score (nSPS) is 9.92. The van der Waals surface area contributed by atoms with Crippen LogP contribution in [0.4, 0.5) is 5.69 Å². The zero-order valence-electron chi connectivity index (χ0n) is 7.19. The molecule has 0 heterocycles. The van der Waals surface area contributed by atoms with Gasteiger partial charge in [-0.3, -0.25) is 0 Å². The van der Waals surface area contributed by atoms with Crippen LogP contribution in [-0.2, 0) is 4.43 Å². The van der Waals surface area contributed by atoms with E-state index in [4.69, 9.17) is 20.3 Å². The highest BCUT2D eigenvalue weighted by atomic mass is 28.3. The lowest BCUT2D eigenvalue weighted by Gasteiger charge is -2.03. The van der Waals surface area contributed by atoms with Gasteiger partial charge in [0.25, 0.3) is 0 Å². The highest BCUT2D eigenvalue weighted by Crippen LogP contribution is 2.12. The van der Waals surface area contributed by atoms with E-state index >= 15 is 0 Å². The molecule has 0 unspecified atom stereocenters. The summed E-state index contributed by atoms with van der Waals surface area (Å²) in [6.45, 7) is 1.03. The number of nitrogens with two attached hydrogens (primary N) is 2. The first-order valence-electron chi connectivity index (χ1n) is 3.92. The van der Waals surface area contributed by atoms with Crippen LogP contribution in [0.5, 0.6) is 5.75 Å². The predicted molar refractivity (Wildman–Crippen MR) is 52.2 cm³/mol. The minimum absolute atomic E-state index is 0.00755. The first-order valence-corrected chi connectivity index (χ1v) is 4.74. The summed E-state index contributed by atoms with van der Waals surface area (Å²) < 4.78 is 10.3. The van der Waals surface area contributed by atoms with E-state index in [-0.39, 0.29) is 10.0 Å². The summed E-state index contributed by atoms with van der Waals surface area (Å²) in [5.74, 6) is 0.754. The lowest BCUT2D eigenvalue weighted by Crippen LogP contribution is -2.14. The Morgan fingerprint density at radius 3 is 2.54 bits per heavy atom. The molecule has 0 spiro atoms. The van der Waals surface area contributed by atoms with Gasteiger partial charge in [-0.15, -0.1) is 0 Å². The average molecular weight is 196 g/mol. The van der Waals surface area contributed by atoms with Crippen LogP contribution in [0.15, 0.2) is 24.3 Å². The summed E-state index contributed by atoms with van der Waals surface area (Å²) in [7, 11) is -0.00755. The Bertz CT molecular complexity index is 240. The van der Waals surface area contributed by atoms with E-state index in [1.165, 1.54) is 0 Å². The molecule has 0 bridgehead atoms. The van der Waals surface area contributed by atoms with Gasteiger partial charge >= 0.3 is 10.0 Å². The Morgan fingerprint density at radius 2 is 1.92 bits per heavy atom. The van der Waals surface area contributed by atoms with E-state index in [9.17, 15) is 0 Å². The van der Waals surface area contributed by atoms with E-state index in [1.807, 2.05) is 0 Å². The molecule has 0 aliphatic heterocycles. The minimum Gasteiger partial charge on any atom is -0.518 e. The molecule has 4 N–H and O–H groups in total. The Morgan fingerprint density at radius 1 is 1.23 bits per heavy atom. The van der Waals surface area contributed by atoms with Crippen molar-refractivity contribution < 1.29 is 8.85 Å². The number of rotatable bonds is 5. The first-order chi connectivity index (χ1) is 6.33. The van der Waals surface area contributed by atoms with E-state index in [0.29, 0.717) is 13.2 Å². The van der Waals surface area contributed by atoms with Crippen LogP contribution in [0.2, 0.25) is 0 Å². The Kier molecular flexibility index (Phi) is 4.31. The third-order valence-electron chi connectivity index (χ3n) is 1.32. The zero-order valence-corrected chi connectivity index (χ0v) is 8.19. The summed E-state index contributed by atoms with van der Waals surface area (Å²) in [5.41, 5.74) is 11.5. The van der Waals surface area contributed by atoms with Crippen molar-refractivity contribution in [3.05, 3.63) is 24.3 Å². The average Bonchev–Trinajstić information content (AvgIpc) is 2.15. The highest BCUT2D eigenvalue weighted by Gasteiger charge is 1.96. The molecule has 0 aliphatic rings. The third kappa shape index (κ3) is 3.93. The van der Waals surface area contributed by atoms with Crippen LogP contribution in [0, 0.1) is 0 Å². The van der Waals surface area contributed by atoms with Gasteiger partial charge in [0.2, 0.25) is 0 Å². The molecule has 0 amide bonds. The standard InChI is InChI=1S/C8H12N2O2Si/c9-5-6-11-13-12-8-3-1-7(10)2-4-8/h1-4H,5-6,9-10H2. The molecule has 0 aliphatic carbocycles. The van der Waals surface area contributed by atoms with E-state index < -0.39 is 0 Å². The highest BCUT2D eigenvalue weighted by molar-refractivity contribution is 6.19. The summed E-state index contributed by atoms with van der Waals surface area (Å²) >= 11 is 0. The van der Waals surface area contributed by atoms with Crippen molar-refractivity contribution >= 4 is 15.7 Å². The Hall–Kier alpha value is -1.04. The molecule has 4 nitrogen and oxygen atoms in total. The van der Waals surface area contributed by atoms with Gasteiger partial charge < -0.3 is 20.3 Å². The van der Waals surface area contributed by atoms with Crippen LogP contribution in [0.25, 0.3) is 0 Å². The van der Waals surface area contributed by atoms with Gasteiger partial charge in [0.1, 0.15) is 5.75 Å². The Balaban J connectivity index is 2.25. The predicted octanol–water partition coefficient (Wildman–Crippen LogP) is 0.157. The van der Waals surface area contributed by atoms with Gasteiger partial charge in [0, 0.05) is 18.8 Å². The summed E-state index contributed by atoms with van der Waals surface area (Å²) in [6, 6.07) is 7.16. The van der Waals surface area contributed by atoms with Crippen molar-refractivity contribution in [1.82, 2.24) is 0 Å². The van der Waals surface area contributed by atoms with Crippen LogP contribution in [-0.4, -0.2) is 23.2 Å². The maximum absolute atomic E-state index is 5.50. The van der Waals surface area contributed by atoms with Crippen LogP contribution >= 0.6 is 0 Å². The molecule has 0 atom stereocenters. The fourth-order valence-electron chi connectivity index (χ4n) is 0.714. The molecule has 0 saturated heterocycles. The zero-order chi connectivity index (χ0) is 9.52.